The molecule has 0 aliphatic heterocycles. The Morgan fingerprint density at radius 1 is 1.18 bits per heavy atom. The third-order valence-corrected chi connectivity index (χ3v) is 0.902. The van der Waals surface area contributed by atoms with E-state index >= 15 is 0 Å². The van der Waals surface area contributed by atoms with Crippen LogP contribution in [0.1, 0.15) is 27.7 Å². The van der Waals surface area contributed by atoms with E-state index in [1.54, 1.807) is 0 Å². The molecule has 0 bridgehead atoms. The van der Waals surface area contributed by atoms with Crippen LogP contribution in [0.2, 0.25) is 0 Å². The van der Waals surface area contributed by atoms with Gasteiger partial charge in [0.15, 0.2) is 0 Å². The minimum absolute atomic E-state index is 0.0514. The summed E-state index contributed by atoms with van der Waals surface area (Å²) in [5.41, 5.74) is 0. The lowest BCUT2D eigenvalue weighted by atomic mass is 10.5. The molecule has 0 unspecified atom stereocenters. The molecular weight excluding hydrogens is 144 g/mol. The van der Waals surface area contributed by atoms with E-state index in [0.717, 1.165) is 0 Å². The Bertz CT molecular complexity index is 119. The molecule has 0 radical (unpaired) electrons. The Labute approximate surface area is 67.7 Å². The second kappa shape index (κ2) is 5.13. The van der Waals surface area contributed by atoms with Crippen LogP contribution in [-0.2, 0) is 14.3 Å². The van der Waals surface area contributed by atoms with Crippen LogP contribution < -0.4 is 0 Å². The highest BCUT2D eigenvalue weighted by Gasteiger charge is 2.05. The van der Waals surface area contributed by atoms with Crippen LogP contribution in [0, 0.1) is 0 Å². The monoisotopic (exact) mass is 160 g/mol. The summed E-state index contributed by atoms with van der Waals surface area (Å²) in [4.78, 5) is 10.8. The van der Waals surface area contributed by atoms with E-state index in [0.29, 0.717) is 0 Å². The molecule has 0 aliphatic rings. The molecule has 3 heteroatoms. The Morgan fingerprint density at radius 2 is 1.73 bits per heavy atom. The second-order valence-electron chi connectivity index (χ2n) is 2.90. The van der Waals surface area contributed by atoms with Crippen molar-refractivity contribution >= 4 is 5.97 Å². The maximum atomic E-state index is 10.8. The first-order valence-corrected chi connectivity index (χ1v) is 3.83. The molecule has 66 valence electrons. The van der Waals surface area contributed by atoms with E-state index in [1.807, 2.05) is 27.7 Å². The molecule has 11 heavy (non-hydrogen) atoms. The lowest BCUT2D eigenvalue weighted by Gasteiger charge is -2.09. The van der Waals surface area contributed by atoms with Crippen molar-refractivity contribution in [1.29, 1.82) is 0 Å². The summed E-state index contributed by atoms with van der Waals surface area (Å²) in [6, 6.07) is 0. The molecule has 0 fully saturated rings. The minimum Gasteiger partial charge on any atom is -0.461 e. The Hall–Kier alpha value is -0.570. The second-order valence-corrected chi connectivity index (χ2v) is 2.90. The largest absolute Gasteiger partial charge is 0.461 e. The topological polar surface area (TPSA) is 35.5 Å². The van der Waals surface area contributed by atoms with Crippen LogP contribution in [0.4, 0.5) is 0 Å². The summed E-state index contributed by atoms with van der Waals surface area (Å²) in [6.45, 7) is 7.43. The maximum absolute atomic E-state index is 10.8. The normalized spacial score (nSPS) is 10.7. The fourth-order valence-electron chi connectivity index (χ4n) is 0.532. The van der Waals surface area contributed by atoms with Crippen molar-refractivity contribution < 1.29 is 14.3 Å². The van der Waals surface area contributed by atoms with Gasteiger partial charge in [0.2, 0.25) is 0 Å². The van der Waals surface area contributed by atoms with Crippen molar-refractivity contribution in [3.8, 4) is 0 Å². The standard InChI is InChI=1S/C8H16O3/c1-6(2)10-5-8(9)11-7(3)4/h6-7H,5H2,1-4H3. The van der Waals surface area contributed by atoms with Crippen molar-refractivity contribution in [1.82, 2.24) is 0 Å². The third-order valence-electron chi connectivity index (χ3n) is 0.902. The summed E-state index contributed by atoms with van der Waals surface area (Å²) in [6.07, 6.45) is 0.0213. The lowest BCUT2D eigenvalue weighted by Crippen LogP contribution is -2.19. The van der Waals surface area contributed by atoms with E-state index in [9.17, 15) is 4.79 Å². The number of carbonyl (C=O) groups is 1. The quantitative estimate of drug-likeness (QED) is 0.582. The highest BCUT2D eigenvalue weighted by molar-refractivity contribution is 5.70. The van der Waals surface area contributed by atoms with Gasteiger partial charge in [-0.3, -0.25) is 0 Å². The maximum Gasteiger partial charge on any atom is 0.332 e. The molecule has 0 aliphatic carbocycles. The summed E-state index contributed by atoms with van der Waals surface area (Å²) in [5.74, 6) is -0.297. The van der Waals surface area contributed by atoms with Gasteiger partial charge < -0.3 is 9.47 Å². The first-order valence-electron chi connectivity index (χ1n) is 3.83. The number of hydrogen-bond acceptors (Lipinski definition) is 3. The van der Waals surface area contributed by atoms with Crippen LogP contribution in [0.3, 0.4) is 0 Å². The van der Waals surface area contributed by atoms with Crippen molar-refractivity contribution in [3.63, 3.8) is 0 Å². The van der Waals surface area contributed by atoms with Gasteiger partial charge in [0, 0.05) is 0 Å². The summed E-state index contributed by atoms with van der Waals surface area (Å²) < 4.78 is 9.87. The molecule has 0 rings (SSSR count). The smallest absolute Gasteiger partial charge is 0.332 e. The Morgan fingerprint density at radius 3 is 2.09 bits per heavy atom. The van der Waals surface area contributed by atoms with Crippen molar-refractivity contribution in [2.45, 2.75) is 39.9 Å². The van der Waals surface area contributed by atoms with Gasteiger partial charge in [-0.15, -0.1) is 0 Å². The average Bonchev–Trinajstić information content (AvgIpc) is 1.82. The molecule has 0 aromatic rings. The number of rotatable bonds is 4. The molecule has 0 saturated carbocycles. The van der Waals surface area contributed by atoms with E-state index < -0.39 is 0 Å². The van der Waals surface area contributed by atoms with Crippen molar-refractivity contribution in [3.05, 3.63) is 0 Å². The Kier molecular flexibility index (Phi) is 4.86. The van der Waals surface area contributed by atoms with Gasteiger partial charge in [-0.1, -0.05) is 0 Å². The minimum atomic E-state index is -0.297. The van der Waals surface area contributed by atoms with Gasteiger partial charge in [-0.25, -0.2) is 4.79 Å². The number of hydrogen-bond donors (Lipinski definition) is 0. The van der Waals surface area contributed by atoms with Crippen molar-refractivity contribution in [2.24, 2.45) is 0 Å². The number of carbonyl (C=O) groups excluding carboxylic acids is 1. The summed E-state index contributed by atoms with van der Waals surface area (Å²) in [7, 11) is 0. The zero-order valence-electron chi connectivity index (χ0n) is 7.59. The van der Waals surface area contributed by atoms with E-state index in [-0.39, 0.29) is 24.8 Å². The molecule has 0 amide bonds. The molecular formula is C8H16O3. The molecule has 0 spiro atoms. The fraction of sp³-hybridized carbons (Fsp3) is 0.875. The Balaban J connectivity index is 3.38. The first kappa shape index (κ1) is 10.4. The predicted octanol–water partition coefficient (Wildman–Crippen LogP) is 1.36. The van der Waals surface area contributed by atoms with Crippen LogP contribution >= 0.6 is 0 Å². The van der Waals surface area contributed by atoms with Gasteiger partial charge in [0.05, 0.1) is 12.2 Å². The van der Waals surface area contributed by atoms with Gasteiger partial charge in [0.25, 0.3) is 0 Å². The first-order chi connectivity index (χ1) is 5.02. The van der Waals surface area contributed by atoms with E-state index in [1.165, 1.54) is 0 Å². The molecule has 0 heterocycles. The number of ether oxygens (including phenoxy) is 2. The van der Waals surface area contributed by atoms with Gasteiger partial charge in [-0.2, -0.15) is 0 Å². The SMILES string of the molecule is CC(C)OCC(=O)OC(C)C. The van der Waals surface area contributed by atoms with Crippen molar-refractivity contribution in [2.75, 3.05) is 6.61 Å². The zero-order valence-corrected chi connectivity index (χ0v) is 7.59. The highest BCUT2D eigenvalue weighted by atomic mass is 16.6. The third kappa shape index (κ3) is 7.33. The zero-order chi connectivity index (χ0) is 8.85. The molecule has 3 nitrogen and oxygen atoms in total. The molecule has 0 N–H and O–H groups in total. The molecule has 0 atom stereocenters. The number of esters is 1. The van der Waals surface area contributed by atoms with Crippen LogP contribution in [0.5, 0.6) is 0 Å². The summed E-state index contributed by atoms with van der Waals surface area (Å²) in [5, 5.41) is 0. The van der Waals surface area contributed by atoms with E-state index in [4.69, 9.17) is 9.47 Å². The molecule has 0 aromatic heterocycles. The average molecular weight is 160 g/mol. The van der Waals surface area contributed by atoms with Gasteiger partial charge >= 0.3 is 5.97 Å². The van der Waals surface area contributed by atoms with Crippen LogP contribution in [0.15, 0.2) is 0 Å². The fourth-order valence-corrected chi connectivity index (χ4v) is 0.532. The summed E-state index contributed by atoms with van der Waals surface area (Å²) >= 11 is 0. The van der Waals surface area contributed by atoms with Gasteiger partial charge in [0.1, 0.15) is 6.61 Å². The molecule has 0 aromatic carbocycles. The highest BCUT2D eigenvalue weighted by Crippen LogP contribution is 1.92. The van der Waals surface area contributed by atoms with Gasteiger partial charge in [-0.05, 0) is 27.7 Å². The van der Waals surface area contributed by atoms with E-state index in [2.05, 4.69) is 0 Å². The molecule has 0 saturated heterocycles. The van der Waals surface area contributed by atoms with Crippen LogP contribution in [0.25, 0.3) is 0 Å². The van der Waals surface area contributed by atoms with Crippen LogP contribution in [-0.4, -0.2) is 24.8 Å². The predicted molar refractivity (Wildman–Crippen MR) is 42.3 cm³/mol. The lowest BCUT2D eigenvalue weighted by molar-refractivity contribution is -0.154.